The zero-order valence-electron chi connectivity index (χ0n) is 12.5. The van der Waals surface area contributed by atoms with Gasteiger partial charge in [-0.15, -0.1) is 5.10 Å². The number of nitrogens with one attached hydrogen (secondary N) is 1. The largest absolute Gasteiger partial charge is 0.352 e. The first-order valence-corrected chi connectivity index (χ1v) is 7.50. The summed E-state index contributed by atoms with van der Waals surface area (Å²) < 4.78 is 2.60. The van der Waals surface area contributed by atoms with Crippen LogP contribution in [0.25, 0.3) is 11.5 Å². The van der Waals surface area contributed by atoms with Crippen LogP contribution in [0.1, 0.15) is 25.7 Å². The van der Waals surface area contributed by atoms with Gasteiger partial charge in [-0.2, -0.15) is 0 Å². The van der Waals surface area contributed by atoms with Crippen LogP contribution in [0.3, 0.4) is 0 Å². The van der Waals surface area contributed by atoms with Crippen molar-refractivity contribution in [2.24, 2.45) is 7.05 Å². The molecule has 1 amide bonds. The molecule has 0 atom stereocenters. The number of nitrogens with zero attached hydrogens (tertiary/aromatic N) is 4. The van der Waals surface area contributed by atoms with Crippen LogP contribution in [-0.4, -0.2) is 31.3 Å². The molecule has 22 heavy (non-hydrogen) atoms. The lowest BCUT2D eigenvalue weighted by Gasteiger charge is -2.11. The summed E-state index contributed by atoms with van der Waals surface area (Å²) in [5, 5.41) is 7.20. The molecule has 0 aromatic carbocycles. The quantitative estimate of drug-likeness (QED) is 0.901. The van der Waals surface area contributed by atoms with Crippen LogP contribution in [0.2, 0.25) is 0 Å². The minimum absolute atomic E-state index is 0.0595. The normalized spacial score (nSPS) is 15.1. The van der Waals surface area contributed by atoms with Gasteiger partial charge in [0.1, 0.15) is 12.2 Å². The van der Waals surface area contributed by atoms with E-state index in [1.807, 2.05) is 6.07 Å². The van der Waals surface area contributed by atoms with Gasteiger partial charge >= 0.3 is 5.69 Å². The van der Waals surface area contributed by atoms with Gasteiger partial charge in [0.05, 0.1) is 0 Å². The van der Waals surface area contributed by atoms with Crippen LogP contribution in [-0.2, 0) is 18.4 Å². The van der Waals surface area contributed by atoms with Gasteiger partial charge in [-0.05, 0) is 25.0 Å². The lowest BCUT2D eigenvalue weighted by Crippen LogP contribution is -2.38. The van der Waals surface area contributed by atoms with Gasteiger partial charge in [0, 0.05) is 19.3 Å². The molecule has 0 saturated heterocycles. The summed E-state index contributed by atoms with van der Waals surface area (Å²) in [6, 6.07) is 5.65. The van der Waals surface area contributed by atoms with Gasteiger partial charge in [0.2, 0.25) is 5.91 Å². The van der Waals surface area contributed by atoms with Crippen LogP contribution in [0, 0.1) is 0 Å². The molecule has 3 rings (SSSR count). The third-order valence-corrected chi connectivity index (χ3v) is 3.95. The first-order valence-electron chi connectivity index (χ1n) is 7.50. The van der Waals surface area contributed by atoms with Gasteiger partial charge in [0.15, 0.2) is 5.82 Å². The molecule has 0 bridgehead atoms. The van der Waals surface area contributed by atoms with E-state index in [0.717, 1.165) is 25.7 Å². The van der Waals surface area contributed by atoms with Crippen molar-refractivity contribution < 1.29 is 4.79 Å². The topological polar surface area (TPSA) is 81.8 Å². The number of hydrogen-bond acceptors (Lipinski definition) is 4. The van der Waals surface area contributed by atoms with Crippen LogP contribution in [0.5, 0.6) is 0 Å². The maximum absolute atomic E-state index is 12.2. The van der Waals surface area contributed by atoms with E-state index < -0.39 is 0 Å². The van der Waals surface area contributed by atoms with Gasteiger partial charge in [0.25, 0.3) is 0 Å². The highest BCUT2D eigenvalue weighted by Crippen LogP contribution is 2.17. The molecule has 0 aliphatic heterocycles. The zero-order valence-corrected chi connectivity index (χ0v) is 12.5. The predicted molar refractivity (Wildman–Crippen MR) is 81.1 cm³/mol. The third kappa shape index (κ3) is 2.93. The predicted octanol–water partition coefficient (Wildman–Crippen LogP) is 0.703. The monoisotopic (exact) mass is 301 g/mol. The van der Waals surface area contributed by atoms with E-state index in [2.05, 4.69) is 15.4 Å². The van der Waals surface area contributed by atoms with E-state index >= 15 is 0 Å². The molecule has 0 spiro atoms. The Balaban J connectivity index is 1.77. The Labute approximate surface area is 128 Å². The third-order valence-electron chi connectivity index (χ3n) is 3.95. The number of amides is 1. The maximum atomic E-state index is 12.2. The molecule has 7 nitrogen and oxygen atoms in total. The van der Waals surface area contributed by atoms with Crippen molar-refractivity contribution in [3.05, 3.63) is 34.9 Å². The van der Waals surface area contributed by atoms with E-state index in [9.17, 15) is 9.59 Å². The molecule has 1 aliphatic rings. The van der Waals surface area contributed by atoms with Crippen LogP contribution in [0.15, 0.2) is 29.2 Å². The Morgan fingerprint density at radius 1 is 1.36 bits per heavy atom. The van der Waals surface area contributed by atoms with Gasteiger partial charge in [-0.25, -0.2) is 9.48 Å². The number of aromatic nitrogens is 4. The molecule has 2 heterocycles. The molecule has 2 aromatic heterocycles. The fourth-order valence-electron chi connectivity index (χ4n) is 2.79. The standard InChI is InChI=1S/C15H19N5O2/c1-19-14(12-8-4-5-9-16-12)18-20(15(19)22)10-13(21)17-11-6-2-3-7-11/h4-5,8-9,11H,2-3,6-7,10H2,1H3,(H,17,21). The SMILES string of the molecule is Cn1c(-c2ccccn2)nn(CC(=O)NC2CCCC2)c1=O. The van der Waals surface area contributed by atoms with E-state index in [0.29, 0.717) is 11.5 Å². The Morgan fingerprint density at radius 3 is 2.82 bits per heavy atom. The smallest absolute Gasteiger partial charge is 0.346 e. The highest BCUT2D eigenvalue weighted by molar-refractivity contribution is 5.76. The van der Waals surface area contributed by atoms with E-state index in [-0.39, 0.29) is 24.2 Å². The van der Waals surface area contributed by atoms with Crippen LogP contribution >= 0.6 is 0 Å². The van der Waals surface area contributed by atoms with Crippen molar-refractivity contribution >= 4 is 5.91 Å². The summed E-state index contributed by atoms with van der Waals surface area (Å²) in [6.07, 6.45) is 5.98. The average Bonchev–Trinajstić information content (AvgIpc) is 3.12. The van der Waals surface area contributed by atoms with E-state index in [1.54, 1.807) is 25.4 Å². The highest BCUT2D eigenvalue weighted by atomic mass is 16.2. The zero-order chi connectivity index (χ0) is 15.5. The number of rotatable bonds is 4. The van der Waals surface area contributed by atoms with Crippen molar-refractivity contribution in [3.63, 3.8) is 0 Å². The summed E-state index contributed by atoms with van der Waals surface area (Å²) >= 11 is 0. The number of hydrogen-bond donors (Lipinski definition) is 1. The summed E-state index contributed by atoms with van der Waals surface area (Å²) in [6.45, 7) is -0.0595. The Hall–Kier alpha value is -2.44. The first kappa shape index (κ1) is 14.5. The van der Waals surface area contributed by atoms with E-state index in [1.165, 1.54) is 9.25 Å². The molecule has 1 aliphatic carbocycles. The summed E-state index contributed by atoms with van der Waals surface area (Å²) in [4.78, 5) is 28.4. The molecule has 7 heteroatoms. The fourth-order valence-corrected chi connectivity index (χ4v) is 2.79. The summed E-state index contributed by atoms with van der Waals surface area (Å²) in [7, 11) is 1.63. The van der Waals surface area contributed by atoms with Gasteiger partial charge in [-0.1, -0.05) is 18.9 Å². The van der Waals surface area contributed by atoms with Gasteiger partial charge in [-0.3, -0.25) is 14.3 Å². The fraction of sp³-hybridized carbons (Fsp3) is 0.467. The summed E-state index contributed by atoms with van der Waals surface area (Å²) in [5.41, 5.74) is 0.291. The van der Waals surface area contributed by atoms with Crippen molar-refractivity contribution in [2.75, 3.05) is 0 Å². The second kappa shape index (κ2) is 6.13. The first-order chi connectivity index (χ1) is 10.6. The number of carbonyl (C=O) groups is 1. The Bertz CT molecular complexity index is 713. The second-order valence-corrected chi connectivity index (χ2v) is 5.59. The lowest BCUT2D eigenvalue weighted by molar-refractivity contribution is -0.122. The molecule has 0 unspecified atom stereocenters. The molecule has 2 aromatic rings. The highest BCUT2D eigenvalue weighted by Gasteiger charge is 2.19. The molecular weight excluding hydrogens is 282 g/mol. The van der Waals surface area contributed by atoms with Crippen LogP contribution < -0.4 is 11.0 Å². The average molecular weight is 301 g/mol. The lowest BCUT2D eigenvalue weighted by atomic mass is 10.2. The maximum Gasteiger partial charge on any atom is 0.346 e. The number of pyridine rings is 1. The summed E-state index contributed by atoms with van der Waals surface area (Å²) in [5.74, 6) is 0.291. The van der Waals surface area contributed by atoms with E-state index in [4.69, 9.17) is 0 Å². The molecule has 0 radical (unpaired) electrons. The molecule has 116 valence electrons. The van der Waals surface area contributed by atoms with Crippen molar-refractivity contribution in [1.82, 2.24) is 24.6 Å². The Kier molecular flexibility index (Phi) is 4.04. The minimum Gasteiger partial charge on any atom is -0.352 e. The molecule has 1 N–H and O–H groups in total. The molecule has 1 saturated carbocycles. The van der Waals surface area contributed by atoms with Crippen molar-refractivity contribution in [3.8, 4) is 11.5 Å². The Morgan fingerprint density at radius 2 is 2.14 bits per heavy atom. The second-order valence-electron chi connectivity index (χ2n) is 5.59. The molecule has 1 fully saturated rings. The van der Waals surface area contributed by atoms with Crippen molar-refractivity contribution in [2.45, 2.75) is 38.3 Å². The van der Waals surface area contributed by atoms with Crippen molar-refractivity contribution in [1.29, 1.82) is 0 Å². The minimum atomic E-state index is -0.317. The van der Waals surface area contributed by atoms with Crippen LogP contribution in [0.4, 0.5) is 0 Å². The molecular formula is C15H19N5O2. The number of carbonyl (C=O) groups excluding carboxylic acids is 1. The van der Waals surface area contributed by atoms with Gasteiger partial charge < -0.3 is 5.32 Å².